The van der Waals surface area contributed by atoms with Crippen LogP contribution in [-0.2, 0) is 14.6 Å². The number of rotatable bonds is 3. The average molecular weight is 248 g/mol. The molecule has 1 amide bonds. The van der Waals surface area contributed by atoms with Crippen LogP contribution in [0, 0.1) is 5.92 Å². The second-order valence-electron chi connectivity index (χ2n) is 4.57. The van der Waals surface area contributed by atoms with E-state index in [1.807, 2.05) is 7.05 Å². The molecular weight excluding hydrogens is 228 g/mol. The zero-order valence-electron chi connectivity index (χ0n) is 10.1. The number of piperidine rings is 1. The molecule has 6 heteroatoms. The van der Waals surface area contributed by atoms with Crippen LogP contribution in [0.5, 0.6) is 0 Å². The third-order valence-electron chi connectivity index (χ3n) is 3.01. The van der Waals surface area contributed by atoms with E-state index in [1.54, 1.807) is 4.90 Å². The van der Waals surface area contributed by atoms with Gasteiger partial charge in [-0.2, -0.15) is 0 Å². The minimum atomic E-state index is -3.22. The lowest BCUT2D eigenvalue weighted by Gasteiger charge is -2.36. The van der Waals surface area contributed by atoms with E-state index in [9.17, 15) is 13.2 Å². The summed E-state index contributed by atoms with van der Waals surface area (Å²) in [6.07, 6.45) is 1.97. The topological polar surface area (TPSA) is 66.5 Å². The van der Waals surface area contributed by atoms with Crippen molar-refractivity contribution >= 4 is 15.7 Å². The summed E-state index contributed by atoms with van der Waals surface area (Å²) < 4.78 is 22.1. The van der Waals surface area contributed by atoms with Gasteiger partial charge in [0.2, 0.25) is 5.91 Å². The summed E-state index contributed by atoms with van der Waals surface area (Å²) in [4.78, 5) is 13.3. The minimum Gasteiger partial charge on any atom is -0.341 e. The molecule has 1 rings (SSSR count). The Morgan fingerprint density at radius 3 is 2.56 bits per heavy atom. The maximum Gasteiger partial charge on any atom is 0.237 e. The van der Waals surface area contributed by atoms with E-state index in [1.165, 1.54) is 0 Å². The van der Waals surface area contributed by atoms with Crippen molar-refractivity contribution in [1.82, 2.24) is 10.2 Å². The van der Waals surface area contributed by atoms with Gasteiger partial charge in [0.1, 0.15) is 5.75 Å². The molecule has 1 saturated heterocycles. The van der Waals surface area contributed by atoms with Gasteiger partial charge in [-0.1, -0.05) is 6.92 Å². The van der Waals surface area contributed by atoms with Crippen LogP contribution in [0.1, 0.15) is 13.3 Å². The van der Waals surface area contributed by atoms with Gasteiger partial charge in [-0.05, 0) is 19.4 Å². The zero-order chi connectivity index (χ0) is 12.3. The third-order valence-corrected chi connectivity index (χ3v) is 3.79. The summed E-state index contributed by atoms with van der Waals surface area (Å²) in [5.74, 6) is -0.282. The molecule has 1 N–H and O–H groups in total. The van der Waals surface area contributed by atoms with E-state index < -0.39 is 9.84 Å². The highest BCUT2D eigenvalue weighted by molar-refractivity contribution is 7.91. The van der Waals surface area contributed by atoms with Crippen molar-refractivity contribution in [3.05, 3.63) is 0 Å². The highest BCUT2D eigenvalue weighted by Crippen LogP contribution is 2.16. The average Bonchev–Trinajstić information content (AvgIpc) is 2.15. The lowest BCUT2D eigenvalue weighted by molar-refractivity contribution is -0.130. The van der Waals surface area contributed by atoms with Crippen LogP contribution in [0.25, 0.3) is 0 Å². The fourth-order valence-corrected chi connectivity index (χ4v) is 2.75. The SMILES string of the molecule is CNC1CCN(C(=O)CS(C)(=O)=O)CC1C. The molecule has 0 aliphatic carbocycles. The second-order valence-corrected chi connectivity index (χ2v) is 6.71. The first-order chi connectivity index (χ1) is 7.33. The molecule has 1 fully saturated rings. The van der Waals surface area contributed by atoms with Gasteiger partial charge < -0.3 is 10.2 Å². The van der Waals surface area contributed by atoms with E-state index >= 15 is 0 Å². The highest BCUT2D eigenvalue weighted by atomic mass is 32.2. The molecule has 0 aromatic rings. The summed E-state index contributed by atoms with van der Waals surface area (Å²) in [5.41, 5.74) is 0. The number of nitrogens with zero attached hydrogens (tertiary/aromatic N) is 1. The van der Waals surface area contributed by atoms with Crippen LogP contribution in [0.3, 0.4) is 0 Å². The van der Waals surface area contributed by atoms with E-state index in [0.29, 0.717) is 25.0 Å². The first kappa shape index (κ1) is 13.4. The Bertz CT molecular complexity index is 353. The van der Waals surface area contributed by atoms with E-state index in [0.717, 1.165) is 12.7 Å². The van der Waals surface area contributed by atoms with Gasteiger partial charge in [0.25, 0.3) is 0 Å². The molecule has 0 bridgehead atoms. The summed E-state index contributed by atoms with van der Waals surface area (Å²) in [6.45, 7) is 3.35. The van der Waals surface area contributed by atoms with Crippen molar-refractivity contribution in [3.63, 3.8) is 0 Å². The monoisotopic (exact) mass is 248 g/mol. The van der Waals surface area contributed by atoms with Crippen molar-refractivity contribution in [2.75, 3.05) is 32.1 Å². The van der Waals surface area contributed by atoms with Gasteiger partial charge in [-0.25, -0.2) is 8.42 Å². The molecule has 1 aliphatic rings. The number of carbonyl (C=O) groups is 1. The molecule has 2 atom stereocenters. The Hall–Kier alpha value is -0.620. The van der Waals surface area contributed by atoms with E-state index in [4.69, 9.17) is 0 Å². The quantitative estimate of drug-likeness (QED) is 0.730. The first-order valence-electron chi connectivity index (χ1n) is 5.46. The number of nitrogens with one attached hydrogen (secondary N) is 1. The van der Waals surface area contributed by atoms with E-state index in [2.05, 4.69) is 12.2 Å². The number of carbonyl (C=O) groups excluding carboxylic acids is 1. The molecule has 1 heterocycles. The third kappa shape index (κ3) is 3.75. The number of amides is 1. The molecule has 0 radical (unpaired) electrons. The first-order valence-corrected chi connectivity index (χ1v) is 7.52. The fourth-order valence-electron chi connectivity index (χ4n) is 2.12. The predicted octanol–water partition coefficient (Wildman–Crippen LogP) is -0.513. The maximum absolute atomic E-state index is 11.7. The summed E-state index contributed by atoms with van der Waals surface area (Å²) in [5, 5.41) is 3.21. The summed E-state index contributed by atoms with van der Waals surface area (Å²) >= 11 is 0. The van der Waals surface area contributed by atoms with Gasteiger partial charge >= 0.3 is 0 Å². The molecule has 2 unspecified atom stereocenters. The maximum atomic E-state index is 11.7. The van der Waals surface area contributed by atoms with Crippen LogP contribution in [-0.4, -0.2) is 57.4 Å². The lowest BCUT2D eigenvalue weighted by atomic mass is 9.94. The second kappa shape index (κ2) is 5.14. The van der Waals surface area contributed by atoms with Crippen LogP contribution < -0.4 is 5.32 Å². The Morgan fingerprint density at radius 1 is 1.50 bits per heavy atom. The number of sulfone groups is 1. The van der Waals surface area contributed by atoms with E-state index in [-0.39, 0.29) is 11.7 Å². The molecule has 0 aromatic carbocycles. The van der Waals surface area contributed by atoms with Crippen LogP contribution in [0.4, 0.5) is 0 Å². The molecular formula is C10H20N2O3S. The highest BCUT2D eigenvalue weighted by Gasteiger charge is 2.28. The molecule has 16 heavy (non-hydrogen) atoms. The molecule has 1 aliphatic heterocycles. The van der Waals surface area contributed by atoms with Crippen LogP contribution in [0.2, 0.25) is 0 Å². The van der Waals surface area contributed by atoms with Gasteiger partial charge in [-0.15, -0.1) is 0 Å². The molecule has 0 spiro atoms. The van der Waals surface area contributed by atoms with Crippen molar-refractivity contribution in [2.24, 2.45) is 5.92 Å². The number of hydrogen-bond donors (Lipinski definition) is 1. The standard InChI is InChI=1S/C10H20N2O3S/c1-8-6-12(5-4-9(8)11-2)10(13)7-16(3,14)15/h8-9,11H,4-7H2,1-3H3. The van der Waals surface area contributed by atoms with Crippen LogP contribution in [0.15, 0.2) is 0 Å². The number of hydrogen-bond acceptors (Lipinski definition) is 4. The van der Waals surface area contributed by atoms with Gasteiger partial charge in [0, 0.05) is 25.4 Å². The largest absolute Gasteiger partial charge is 0.341 e. The van der Waals surface area contributed by atoms with Gasteiger partial charge in [0.05, 0.1) is 0 Å². The predicted molar refractivity (Wildman–Crippen MR) is 62.9 cm³/mol. The van der Waals surface area contributed by atoms with Crippen molar-refractivity contribution in [1.29, 1.82) is 0 Å². The lowest BCUT2D eigenvalue weighted by Crippen LogP contribution is -2.50. The minimum absolute atomic E-state index is 0.274. The Kier molecular flexibility index (Phi) is 4.32. The smallest absolute Gasteiger partial charge is 0.237 e. The fraction of sp³-hybridized carbons (Fsp3) is 0.900. The van der Waals surface area contributed by atoms with Gasteiger partial charge in [0.15, 0.2) is 9.84 Å². The molecule has 5 nitrogen and oxygen atoms in total. The molecule has 94 valence electrons. The van der Waals surface area contributed by atoms with Crippen molar-refractivity contribution in [2.45, 2.75) is 19.4 Å². The summed E-state index contributed by atoms with van der Waals surface area (Å²) in [7, 11) is -1.30. The Morgan fingerprint density at radius 2 is 2.12 bits per heavy atom. The normalized spacial score (nSPS) is 26.8. The van der Waals surface area contributed by atoms with Gasteiger partial charge in [-0.3, -0.25) is 4.79 Å². The van der Waals surface area contributed by atoms with Crippen molar-refractivity contribution in [3.8, 4) is 0 Å². The number of likely N-dealkylation sites (tertiary alicyclic amines) is 1. The van der Waals surface area contributed by atoms with Crippen molar-refractivity contribution < 1.29 is 13.2 Å². The van der Waals surface area contributed by atoms with Crippen LogP contribution >= 0.6 is 0 Å². The molecule has 0 saturated carbocycles. The molecule has 0 aromatic heterocycles. The summed E-state index contributed by atoms with van der Waals surface area (Å²) in [6, 6.07) is 0.419. The Balaban J connectivity index is 2.55. The Labute approximate surface area is 97.1 Å². The zero-order valence-corrected chi connectivity index (χ0v) is 10.9.